The van der Waals surface area contributed by atoms with Gasteiger partial charge in [-0.1, -0.05) is 0 Å². The van der Waals surface area contributed by atoms with Crippen LogP contribution in [0.25, 0.3) is 0 Å². The molecule has 0 saturated carbocycles. The third-order valence-corrected chi connectivity index (χ3v) is 2.60. The first-order chi connectivity index (χ1) is 9.67. The van der Waals surface area contributed by atoms with Crippen molar-refractivity contribution in [1.29, 1.82) is 0 Å². The number of H-pyrrole nitrogens is 1. The summed E-state index contributed by atoms with van der Waals surface area (Å²) in [6, 6.07) is 7.44. The second kappa shape index (κ2) is 6.76. The summed E-state index contributed by atoms with van der Waals surface area (Å²) in [5, 5.41) is 18.7. The number of anilines is 1. The molecular formula is C13H17N3O4. The second-order valence-electron chi connectivity index (χ2n) is 4.20. The van der Waals surface area contributed by atoms with Gasteiger partial charge in [-0.05, 0) is 31.2 Å². The fourth-order valence-corrected chi connectivity index (χ4v) is 1.69. The van der Waals surface area contributed by atoms with Gasteiger partial charge in [0.25, 0.3) is 0 Å². The van der Waals surface area contributed by atoms with Crippen LogP contribution in [-0.4, -0.2) is 34.6 Å². The van der Waals surface area contributed by atoms with Gasteiger partial charge in [-0.3, -0.25) is 0 Å². The lowest BCUT2D eigenvalue weighted by molar-refractivity contribution is 0.177. The molecule has 1 unspecified atom stereocenters. The van der Waals surface area contributed by atoms with Crippen molar-refractivity contribution >= 4 is 5.69 Å². The highest BCUT2D eigenvalue weighted by Gasteiger charge is 2.10. The molecule has 108 valence electrons. The van der Waals surface area contributed by atoms with Gasteiger partial charge in [0, 0.05) is 12.2 Å². The molecule has 1 atom stereocenters. The Morgan fingerprint density at radius 3 is 2.80 bits per heavy atom. The van der Waals surface area contributed by atoms with Crippen LogP contribution in [0, 0.1) is 0 Å². The van der Waals surface area contributed by atoms with Crippen LogP contribution in [0.4, 0.5) is 5.69 Å². The minimum Gasteiger partial charge on any atom is -0.494 e. The first kappa shape index (κ1) is 14.1. The highest BCUT2D eigenvalue weighted by atomic mass is 16.5. The van der Waals surface area contributed by atoms with Crippen molar-refractivity contribution in [2.75, 3.05) is 18.5 Å². The molecule has 0 aliphatic rings. The van der Waals surface area contributed by atoms with Crippen molar-refractivity contribution in [3.63, 3.8) is 0 Å². The number of benzene rings is 1. The SMILES string of the molecule is CCOc1ccc(NCC(O)Cc2n[nH]c(=O)o2)cc1. The number of hydrogen-bond acceptors (Lipinski definition) is 6. The monoisotopic (exact) mass is 279 g/mol. The first-order valence-corrected chi connectivity index (χ1v) is 6.36. The van der Waals surface area contributed by atoms with E-state index in [1.165, 1.54) is 0 Å². The number of rotatable bonds is 7. The Morgan fingerprint density at radius 2 is 2.20 bits per heavy atom. The molecule has 2 aromatic rings. The zero-order valence-corrected chi connectivity index (χ0v) is 11.1. The van der Waals surface area contributed by atoms with Crippen molar-refractivity contribution in [1.82, 2.24) is 10.2 Å². The maximum Gasteiger partial charge on any atom is 0.434 e. The molecule has 0 saturated heterocycles. The number of nitrogens with zero attached hydrogens (tertiary/aromatic N) is 1. The number of hydrogen-bond donors (Lipinski definition) is 3. The zero-order chi connectivity index (χ0) is 14.4. The Balaban J connectivity index is 1.80. The standard InChI is InChI=1S/C13H17N3O4/c1-2-19-11-5-3-9(4-6-11)14-8-10(17)7-12-15-16-13(18)20-12/h3-6,10,14,17H,2,7-8H2,1H3,(H,16,18). The number of nitrogens with one attached hydrogen (secondary N) is 2. The summed E-state index contributed by atoms with van der Waals surface area (Å²) < 4.78 is 10.1. The van der Waals surface area contributed by atoms with Crippen molar-refractivity contribution < 1.29 is 14.3 Å². The van der Waals surface area contributed by atoms with Gasteiger partial charge < -0.3 is 19.6 Å². The summed E-state index contributed by atoms with van der Waals surface area (Å²) in [5.74, 6) is 0.375. The van der Waals surface area contributed by atoms with Gasteiger partial charge >= 0.3 is 5.76 Å². The fraction of sp³-hybridized carbons (Fsp3) is 0.385. The molecule has 7 nitrogen and oxygen atoms in total. The summed E-state index contributed by atoms with van der Waals surface area (Å²) in [6.07, 6.45) is -0.531. The molecule has 0 bridgehead atoms. The van der Waals surface area contributed by atoms with E-state index >= 15 is 0 Å². The molecule has 0 aliphatic carbocycles. The second-order valence-corrected chi connectivity index (χ2v) is 4.20. The quantitative estimate of drug-likeness (QED) is 0.692. The van der Waals surface area contributed by atoms with Crippen LogP contribution in [0.15, 0.2) is 33.5 Å². The lowest BCUT2D eigenvalue weighted by Gasteiger charge is -2.11. The van der Waals surface area contributed by atoms with Gasteiger partial charge in [-0.2, -0.15) is 0 Å². The van der Waals surface area contributed by atoms with Crippen LogP contribution < -0.4 is 15.8 Å². The largest absolute Gasteiger partial charge is 0.494 e. The lowest BCUT2D eigenvalue weighted by atomic mass is 10.2. The lowest BCUT2D eigenvalue weighted by Crippen LogP contribution is -2.22. The number of aromatic amines is 1. The Bertz CT molecular complexity index is 576. The highest BCUT2D eigenvalue weighted by Crippen LogP contribution is 2.15. The van der Waals surface area contributed by atoms with E-state index in [9.17, 15) is 9.90 Å². The van der Waals surface area contributed by atoms with Gasteiger partial charge in [-0.15, -0.1) is 5.10 Å². The maximum atomic E-state index is 10.7. The molecule has 1 heterocycles. The van der Waals surface area contributed by atoms with E-state index in [2.05, 4.69) is 15.5 Å². The van der Waals surface area contributed by atoms with Crippen molar-refractivity contribution in [3.05, 3.63) is 40.7 Å². The van der Waals surface area contributed by atoms with Crippen LogP contribution >= 0.6 is 0 Å². The summed E-state index contributed by atoms with van der Waals surface area (Å²) in [4.78, 5) is 10.7. The minimum absolute atomic E-state index is 0.169. The van der Waals surface area contributed by atoms with Gasteiger partial charge in [0.15, 0.2) is 0 Å². The molecule has 0 fully saturated rings. The summed E-state index contributed by atoms with van der Waals surface area (Å²) in [6.45, 7) is 2.88. The first-order valence-electron chi connectivity index (χ1n) is 6.36. The smallest absolute Gasteiger partial charge is 0.434 e. The highest BCUT2D eigenvalue weighted by molar-refractivity contribution is 5.46. The van der Waals surface area contributed by atoms with Crippen LogP contribution in [0.3, 0.4) is 0 Å². The van der Waals surface area contributed by atoms with E-state index in [4.69, 9.17) is 9.15 Å². The predicted octanol–water partition coefficient (Wildman–Crippen LogP) is 0.777. The van der Waals surface area contributed by atoms with Gasteiger partial charge in [-0.25, -0.2) is 9.89 Å². The topological polar surface area (TPSA) is 100 Å². The maximum absolute atomic E-state index is 10.7. The molecule has 1 aromatic carbocycles. The summed E-state index contributed by atoms with van der Waals surface area (Å²) in [7, 11) is 0. The molecule has 1 aromatic heterocycles. The normalized spacial score (nSPS) is 12.1. The molecule has 0 aliphatic heterocycles. The van der Waals surface area contributed by atoms with Crippen LogP contribution in [-0.2, 0) is 6.42 Å². The Morgan fingerprint density at radius 1 is 1.45 bits per heavy atom. The Labute approximate surface area is 115 Å². The number of aliphatic hydroxyl groups is 1. The van der Waals surface area contributed by atoms with E-state index in [1.54, 1.807) is 0 Å². The Kier molecular flexibility index (Phi) is 4.78. The number of aliphatic hydroxyl groups excluding tert-OH is 1. The fourth-order valence-electron chi connectivity index (χ4n) is 1.69. The van der Waals surface area contributed by atoms with Crippen LogP contribution in [0.1, 0.15) is 12.8 Å². The average molecular weight is 279 g/mol. The van der Waals surface area contributed by atoms with E-state index in [0.717, 1.165) is 11.4 Å². The van der Waals surface area contributed by atoms with Crippen LogP contribution in [0.5, 0.6) is 5.75 Å². The summed E-state index contributed by atoms with van der Waals surface area (Å²) >= 11 is 0. The predicted molar refractivity (Wildman–Crippen MR) is 72.9 cm³/mol. The molecule has 20 heavy (non-hydrogen) atoms. The van der Waals surface area contributed by atoms with Crippen molar-refractivity contribution in [2.24, 2.45) is 0 Å². The molecule has 0 amide bonds. The van der Waals surface area contributed by atoms with Gasteiger partial charge in [0.1, 0.15) is 5.75 Å². The van der Waals surface area contributed by atoms with E-state index < -0.39 is 11.9 Å². The van der Waals surface area contributed by atoms with E-state index in [1.807, 2.05) is 31.2 Å². The third-order valence-electron chi connectivity index (χ3n) is 2.60. The zero-order valence-electron chi connectivity index (χ0n) is 11.1. The minimum atomic E-state index is -0.701. The van der Waals surface area contributed by atoms with Gasteiger partial charge in [0.05, 0.1) is 19.1 Å². The number of ether oxygens (including phenoxy) is 1. The number of aromatic nitrogens is 2. The molecule has 0 radical (unpaired) electrons. The van der Waals surface area contributed by atoms with Crippen molar-refractivity contribution in [2.45, 2.75) is 19.4 Å². The Hall–Kier alpha value is -2.28. The molecular weight excluding hydrogens is 262 g/mol. The third kappa shape index (κ3) is 4.13. The van der Waals surface area contributed by atoms with Crippen molar-refractivity contribution in [3.8, 4) is 5.75 Å². The molecule has 0 spiro atoms. The van der Waals surface area contributed by atoms with E-state index in [0.29, 0.717) is 13.2 Å². The average Bonchev–Trinajstić information content (AvgIpc) is 2.84. The van der Waals surface area contributed by atoms with Crippen LogP contribution in [0.2, 0.25) is 0 Å². The summed E-state index contributed by atoms with van der Waals surface area (Å²) in [5.41, 5.74) is 0.871. The molecule has 3 N–H and O–H groups in total. The van der Waals surface area contributed by atoms with E-state index in [-0.39, 0.29) is 12.3 Å². The molecule has 7 heteroatoms. The molecule has 2 rings (SSSR count). The van der Waals surface area contributed by atoms with Gasteiger partial charge in [0.2, 0.25) is 5.89 Å².